The number of aromatic hydroxyl groups is 1. The van der Waals surface area contributed by atoms with Crippen LogP contribution in [0.1, 0.15) is 36.2 Å². The van der Waals surface area contributed by atoms with Crippen molar-refractivity contribution >= 4 is 11.7 Å². The van der Waals surface area contributed by atoms with Crippen LogP contribution >= 0.6 is 0 Å². The first kappa shape index (κ1) is 21.3. The number of benzene rings is 2. The van der Waals surface area contributed by atoms with Crippen molar-refractivity contribution in [3.8, 4) is 28.7 Å². The van der Waals surface area contributed by atoms with Gasteiger partial charge in [0.2, 0.25) is 0 Å². The van der Waals surface area contributed by atoms with Crippen LogP contribution in [0, 0.1) is 0 Å². The molecule has 1 aliphatic heterocycles. The highest BCUT2D eigenvalue weighted by molar-refractivity contribution is 6.03. The first-order valence-electron chi connectivity index (χ1n) is 9.42. The number of carbonyl (C=O) groups is 2. The monoisotopic (exact) mass is 415 g/mol. The summed E-state index contributed by atoms with van der Waals surface area (Å²) in [5.41, 5.74) is 0.299. The number of carbonyl (C=O) groups excluding carboxylic acids is 2. The molecular weight excluding hydrogens is 390 g/mol. The Kier molecular flexibility index (Phi) is 6.05. The van der Waals surface area contributed by atoms with Gasteiger partial charge in [0.15, 0.2) is 23.9 Å². The zero-order valence-corrected chi connectivity index (χ0v) is 17.4. The molecule has 3 rings (SSSR count). The molecule has 2 aromatic rings. The van der Waals surface area contributed by atoms with E-state index < -0.39 is 5.60 Å². The van der Waals surface area contributed by atoms with Gasteiger partial charge in [0.25, 0.3) is 5.91 Å². The van der Waals surface area contributed by atoms with Gasteiger partial charge in [-0.05, 0) is 31.5 Å². The number of Topliss-reactive ketones (excluding diaryl/α,β-unsaturated/α-hetero) is 1. The third-order valence-electron chi connectivity index (χ3n) is 4.61. The molecule has 0 atom stereocenters. The SMILES string of the molecule is COc1ccc(CNC(=O)COc2cc(O)c3c(c2)OC(C)(C)CC3=O)cc1OC. The van der Waals surface area contributed by atoms with Crippen molar-refractivity contribution in [3.05, 3.63) is 41.5 Å². The number of nitrogens with one attached hydrogen (secondary N) is 1. The molecule has 0 bridgehead atoms. The molecule has 30 heavy (non-hydrogen) atoms. The molecule has 0 aliphatic carbocycles. The maximum Gasteiger partial charge on any atom is 0.258 e. The number of phenolic OH excluding ortho intramolecular Hbond substituents is 1. The first-order valence-corrected chi connectivity index (χ1v) is 9.42. The van der Waals surface area contributed by atoms with Crippen LogP contribution in [0.25, 0.3) is 0 Å². The van der Waals surface area contributed by atoms with Crippen LogP contribution in [-0.4, -0.2) is 43.2 Å². The Morgan fingerprint density at radius 3 is 2.60 bits per heavy atom. The lowest BCUT2D eigenvalue weighted by molar-refractivity contribution is -0.123. The predicted molar refractivity (Wildman–Crippen MR) is 109 cm³/mol. The molecule has 2 N–H and O–H groups in total. The summed E-state index contributed by atoms with van der Waals surface area (Å²) >= 11 is 0. The maximum atomic E-state index is 12.2. The second-order valence-corrected chi connectivity index (χ2v) is 7.53. The Morgan fingerprint density at radius 2 is 1.90 bits per heavy atom. The van der Waals surface area contributed by atoms with Crippen molar-refractivity contribution in [1.82, 2.24) is 5.32 Å². The van der Waals surface area contributed by atoms with E-state index in [0.717, 1.165) is 5.56 Å². The Bertz CT molecular complexity index is 968. The van der Waals surface area contributed by atoms with Crippen LogP contribution in [0.4, 0.5) is 0 Å². The fraction of sp³-hybridized carbons (Fsp3) is 0.364. The molecule has 1 amide bonds. The fourth-order valence-electron chi connectivity index (χ4n) is 3.22. The Hall–Kier alpha value is -3.42. The molecule has 0 spiro atoms. The van der Waals surface area contributed by atoms with Crippen molar-refractivity contribution in [2.45, 2.75) is 32.4 Å². The number of fused-ring (bicyclic) bond motifs is 1. The van der Waals surface area contributed by atoms with E-state index in [9.17, 15) is 14.7 Å². The highest BCUT2D eigenvalue weighted by atomic mass is 16.5. The Balaban J connectivity index is 1.60. The third kappa shape index (κ3) is 4.76. The van der Waals surface area contributed by atoms with Crippen molar-refractivity contribution in [1.29, 1.82) is 0 Å². The largest absolute Gasteiger partial charge is 0.507 e. The van der Waals surface area contributed by atoms with E-state index in [1.165, 1.54) is 12.1 Å². The van der Waals surface area contributed by atoms with E-state index in [1.807, 2.05) is 6.07 Å². The van der Waals surface area contributed by atoms with Gasteiger partial charge in [-0.15, -0.1) is 0 Å². The van der Waals surface area contributed by atoms with Gasteiger partial charge in [-0.25, -0.2) is 0 Å². The van der Waals surface area contributed by atoms with Crippen molar-refractivity contribution in [3.63, 3.8) is 0 Å². The Labute approximate surface area is 174 Å². The minimum atomic E-state index is -0.675. The summed E-state index contributed by atoms with van der Waals surface area (Å²) in [4.78, 5) is 24.4. The first-order chi connectivity index (χ1) is 14.2. The summed E-state index contributed by atoms with van der Waals surface area (Å²) in [6.45, 7) is 3.60. The number of ketones is 1. The fourth-order valence-corrected chi connectivity index (χ4v) is 3.22. The van der Waals surface area contributed by atoms with Gasteiger partial charge in [0.05, 0.1) is 20.6 Å². The average Bonchev–Trinajstić information content (AvgIpc) is 2.68. The number of methoxy groups -OCH3 is 2. The highest BCUT2D eigenvalue weighted by Gasteiger charge is 2.35. The summed E-state index contributed by atoms with van der Waals surface area (Å²) in [5.74, 6) is 0.885. The molecule has 0 saturated carbocycles. The average molecular weight is 415 g/mol. The number of phenols is 1. The van der Waals surface area contributed by atoms with Gasteiger partial charge in [0, 0.05) is 18.7 Å². The summed E-state index contributed by atoms with van der Waals surface area (Å²) in [7, 11) is 3.09. The summed E-state index contributed by atoms with van der Waals surface area (Å²) in [5, 5.41) is 12.9. The lowest BCUT2D eigenvalue weighted by Gasteiger charge is -2.32. The topological polar surface area (TPSA) is 103 Å². The molecule has 0 radical (unpaired) electrons. The van der Waals surface area contributed by atoms with E-state index in [-0.39, 0.29) is 54.1 Å². The number of ether oxygens (including phenoxy) is 4. The summed E-state index contributed by atoms with van der Waals surface area (Å²) < 4.78 is 21.7. The second-order valence-electron chi connectivity index (χ2n) is 7.53. The molecule has 0 saturated heterocycles. The van der Waals surface area contributed by atoms with Gasteiger partial charge >= 0.3 is 0 Å². The molecule has 160 valence electrons. The number of hydrogen-bond donors (Lipinski definition) is 2. The molecule has 8 heteroatoms. The smallest absolute Gasteiger partial charge is 0.258 e. The second kappa shape index (κ2) is 8.52. The summed E-state index contributed by atoms with van der Waals surface area (Å²) in [6.07, 6.45) is 0.173. The van der Waals surface area contributed by atoms with Gasteiger partial charge in [-0.2, -0.15) is 0 Å². The van der Waals surface area contributed by atoms with Crippen LogP contribution in [0.15, 0.2) is 30.3 Å². The van der Waals surface area contributed by atoms with Crippen molar-refractivity contribution in [2.75, 3.05) is 20.8 Å². The molecule has 0 aromatic heterocycles. The number of amides is 1. The van der Waals surface area contributed by atoms with Crippen molar-refractivity contribution in [2.24, 2.45) is 0 Å². The van der Waals surface area contributed by atoms with Crippen LogP contribution in [0.2, 0.25) is 0 Å². The Morgan fingerprint density at radius 1 is 1.17 bits per heavy atom. The van der Waals surface area contributed by atoms with E-state index in [2.05, 4.69) is 5.32 Å². The highest BCUT2D eigenvalue weighted by Crippen LogP contribution is 2.40. The number of hydrogen-bond acceptors (Lipinski definition) is 7. The van der Waals surface area contributed by atoms with E-state index in [4.69, 9.17) is 18.9 Å². The van der Waals surface area contributed by atoms with Gasteiger partial charge in [-0.3, -0.25) is 9.59 Å². The maximum absolute atomic E-state index is 12.2. The van der Waals surface area contributed by atoms with Crippen LogP contribution in [-0.2, 0) is 11.3 Å². The minimum Gasteiger partial charge on any atom is -0.507 e. The van der Waals surface area contributed by atoms with E-state index >= 15 is 0 Å². The molecule has 0 fully saturated rings. The van der Waals surface area contributed by atoms with E-state index in [0.29, 0.717) is 11.5 Å². The lowest BCUT2D eigenvalue weighted by Crippen LogP contribution is -2.36. The number of rotatable bonds is 7. The van der Waals surface area contributed by atoms with Crippen LogP contribution in [0.3, 0.4) is 0 Å². The third-order valence-corrected chi connectivity index (χ3v) is 4.61. The zero-order valence-electron chi connectivity index (χ0n) is 17.4. The normalized spacial score (nSPS) is 14.3. The molecule has 1 aliphatic rings. The molecular formula is C22H25NO7. The van der Waals surface area contributed by atoms with Crippen molar-refractivity contribution < 1.29 is 33.6 Å². The standard InChI is InChI=1S/C22H25NO7/c1-22(2)10-16(25)21-15(24)8-14(9-19(21)30-22)29-12-20(26)23-11-13-5-6-17(27-3)18(7-13)28-4/h5-9,24H,10-12H2,1-4H3,(H,23,26). The molecule has 2 aromatic carbocycles. The minimum absolute atomic E-state index is 0.138. The molecule has 8 nitrogen and oxygen atoms in total. The molecule has 1 heterocycles. The molecule has 0 unspecified atom stereocenters. The summed E-state index contributed by atoms with van der Waals surface area (Å²) in [6, 6.07) is 8.17. The van der Waals surface area contributed by atoms with Gasteiger partial charge in [0.1, 0.15) is 28.4 Å². The van der Waals surface area contributed by atoms with Gasteiger partial charge in [-0.1, -0.05) is 6.07 Å². The van der Waals surface area contributed by atoms with Crippen LogP contribution in [0.5, 0.6) is 28.7 Å². The predicted octanol–water partition coefficient (Wildman–Crippen LogP) is 2.85. The zero-order chi connectivity index (χ0) is 21.9. The van der Waals surface area contributed by atoms with Crippen LogP contribution < -0.4 is 24.3 Å². The quantitative estimate of drug-likeness (QED) is 0.717. The lowest BCUT2D eigenvalue weighted by atomic mass is 9.92. The van der Waals surface area contributed by atoms with E-state index in [1.54, 1.807) is 40.2 Å². The van der Waals surface area contributed by atoms with Gasteiger partial charge < -0.3 is 29.4 Å².